The number of hydrogen-bond donors (Lipinski definition) is 3. The van der Waals surface area contributed by atoms with Crippen molar-refractivity contribution in [3.8, 4) is 5.75 Å². The first-order chi connectivity index (χ1) is 18.2. The number of aryl methyl sites for hydroxylation is 1. The van der Waals surface area contributed by atoms with E-state index in [2.05, 4.69) is 36.0 Å². The number of amides is 3. The topological polar surface area (TPSA) is 106 Å². The predicted molar refractivity (Wildman–Crippen MR) is 149 cm³/mol. The summed E-state index contributed by atoms with van der Waals surface area (Å²) in [6, 6.07) is 3.86. The SMILES string of the molecule is Cc1[nH]c2c(CN3CCC(CCNC(=O)CCCCCN4C(=O)C=CC4=O)CC3)c(O)ccc2c1C(C)C. The maximum absolute atomic E-state index is 12.2. The fourth-order valence-electron chi connectivity index (χ4n) is 5.91. The van der Waals surface area contributed by atoms with Crippen LogP contribution in [0.25, 0.3) is 10.9 Å². The standard InChI is InChI=1S/C30H42N4O4/c1-20(2)29-21(3)32-30-23(29)8-9-25(35)24(30)19-33-17-13-22(14-18-33)12-15-31-26(36)7-5-4-6-16-34-27(37)10-11-28(34)38/h8-11,20,22,32,35H,4-7,12-19H2,1-3H3,(H,31,36). The third-order valence-electron chi connectivity index (χ3n) is 8.02. The minimum absolute atomic E-state index is 0.0722. The van der Waals surface area contributed by atoms with E-state index in [9.17, 15) is 19.5 Å². The van der Waals surface area contributed by atoms with Crippen molar-refractivity contribution in [3.05, 3.63) is 41.1 Å². The molecular formula is C30H42N4O4. The van der Waals surface area contributed by atoms with Gasteiger partial charge >= 0.3 is 0 Å². The number of H-pyrrole nitrogens is 1. The Bertz CT molecular complexity index is 1170. The van der Waals surface area contributed by atoms with Crippen LogP contribution >= 0.6 is 0 Å². The van der Waals surface area contributed by atoms with E-state index in [0.717, 1.165) is 69.2 Å². The van der Waals surface area contributed by atoms with Crippen LogP contribution in [0.5, 0.6) is 5.75 Å². The van der Waals surface area contributed by atoms with E-state index in [1.807, 2.05) is 12.1 Å². The quantitative estimate of drug-likeness (QED) is 0.281. The number of piperidine rings is 1. The summed E-state index contributed by atoms with van der Waals surface area (Å²) in [5.41, 5.74) is 4.55. The van der Waals surface area contributed by atoms with Gasteiger partial charge in [-0.25, -0.2) is 0 Å². The average Bonchev–Trinajstić information content (AvgIpc) is 3.39. The van der Waals surface area contributed by atoms with Crippen LogP contribution in [0.4, 0.5) is 0 Å². The largest absolute Gasteiger partial charge is 0.508 e. The van der Waals surface area contributed by atoms with Crippen LogP contribution in [-0.4, -0.2) is 63.8 Å². The number of benzene rings is 1. The van der Waals surface area contributed by atoms with Gasteiger partial charge in [0.15, 0.2) is 0 Å². The molecule has 0 radical (unpaired) electrons. The van der Waals surface area contributed by atoms with Crippen molar-refractivity contribution in [2.75, 3.05) is 26.2 Å². The monoisotopic (exact) mass is 522 g/mol. The number of rotatable bonds is 12. The molecule has 0 aliphatic carbocycles. The van der Waals surface area contributed by atoms with E-state index in [1.54, 1.807) is 0 Å². The summed E-state index contributed by atoms with van der Waals surface area (Å²) in [6.07, 6.45) is 8.55. The van der Waals surface area contributed by atoms with E-state index in [-0.39, 0.29) is 17.7 Å². The van der Waals surface area contributed by atoms with Gasteiger partial charge in [-0.05, 0) is 81.6 Å². The van der Waals surface area contributed by atoms with Crippen LogP contribution in [0.3, 0.4) is 0 Å². The van der Waals surface area contributed by atoms with Gasteiger partial charge in [0.25, 0.3) is 11.8 Å². The van der Waals surface area contributed by atoms with Crippen molar-refractivity contribution >= 4 is 28.6 Å². The van der Waals surface area contributed by atoms with Crippen LogP contribution in [-0.2, 0) is 20.9 Å². The summed E-state index contributed by atoms with van der Waals surface area (Å²) >= 11 is 0. The molecule has 0 spiro atoms. The molecule has 1 aromatic carbocycles. The molecular weight excluding hydrogens is 480 g/mol. The van der Waals surface area contributed by atoms with Crippen molar-refractivity contribution in [2.24, 2.45) is 5.92 Å². The van der Waals surface area contributed by atoms with E-state index < -0.39 is 0 Å². The molecule has 38 heavy (non-hydrogen) atoms. The number of phenolic OH excluding ortho intramolecular Hbond substituents is 1. The van der Waals surface area contributed by atoms with Crippen molar-refractivity contribution in [3.63, 3.8) is 0 Å². The minimum Gasteiger partial charge on any atom is -0.508 e. The van der Waals surface area contributed by atoms with Crippen LogP contribution in [0.15, 0.2) is 24.3 Å². The van der Waals surface area contributed by atoms with Crippen LogP contribution < -0.4 is 5.32 Å². The summed E-state index contributed by atoms with van der Waals surface area (Å²) in [5, 5.41) is 14.9. The number of phenols is 1. The first-order valence-electron chi connectivity index (χ1n) is 14.1. The van der Waals surface area contributed by atoms with Gasteiger partial charge in [0.1, 0.15) is 5.75 Å². The Labute approximate surface area is 225 Å². The van der Waals surface area contributed by atoms with Gasteiger partial charge in [0, 0.05) is 54.9 Å². The number of imide groups is 1. The summed E-state index contributed by atoms with van der Waals surface area (Å²) in [4.78, 5) is 42.5. The van der Waals surface area contributed by atoms with Gasteiger partial charge in [-0.15, -0.1) is 0 Å². The van der Waals surface area contributed by atoms with Crippen LogP contribution in [0.1, 0.15) is 81.5 Å². The third-order valence-corrected chi connectivity index (χ3v) is 8.02. The zero-order valence-corrected chi connectivity index (χ0v) is 23.0. The van der Waals surface area contributed by atoms with E-state index in [0.29, 0.717) is 37.1 Å². The Morgan fingerprint density at radius 1 is 1.11 bits per heavy atom. The van der Waals surface area contributed by atoms with Gasteiger partial charge in [0.2, 0.25) is 5.91 Å². The van der Waals surface area contributed by atoms with Gasteiger partial charge in [-0.2, -0.15) is 0 Å². The first kappa shape index (κ1) is 27.9. The molecule has 3 amide bonds. The molecule has 1 aromatic heterocycles. The summed E-state index contributed by atoms with van der Waals surface area (Å²) in [7, 11) is 0. The molecule has 3 N–H and O–H groups in total. The third kappa shape index (κ3) is 6.65. The molecule has 2 aliphatic rings. The first-order valence-corrected chi connectivity index (χ1v) is 14.1. The fraction of sp³-hybridized carbons (Fsp3) is 0.567. The van der Waals surface area contributed by atoms with E-state index >= 15 is 0 Å². The molecule has 1 saturated heterocycles. The second-order valence-electron chi connectivity index (χ2n) is 11.1. The second-order valence-corrected chi connectivity index (χ2v) is 11.1. The molecule has 0 bridgehead atoms. The Balaban J connectivity index is 1.13. The molecule has 0 atom stereocenters. The lowest BCUT2D eigenvalue weighted by Gasteiger charge is -2.32. The van der Waals surface area contributed by atoms with Gasteiger partial charge in [0.05, 0.1) is 5.52 Å². The second kappa shape index (κ2) is 12.6. The van der Waals surface area contributed by atoms with Crippen LogP contribution in [0.2, 0.25) is 0 Å². The molecule has 2 aromatic rings. The molecule has 3 heterocycles. The fourth-order valence-corrected chi connectivity index (χ4v) is 5.91. The number of fused-ring (bicyclic) bond motifs is 1. The van der Waals surface area contributed by atoms with Crippen LogP contribution in [0, 0.1) is 12.8 Å². The van der Waals surface area contributed by atoms with E-state index in [1.165, 1.54) is 33.7 Å². The molecule has 206 valence electrons. The number of aromatic amines is 1. The zero-order valence-electron chi connectivity index (χ0n) is 23.0. The Kier molecular flexibility index (Phi) is 9.26. The maximum Gasteiger partial charge on any atom is 0.253 e. The highest BCUT2D eigenvalue weighted by Crippen LogP contribution is 2.35. The van der Waals surface area contributed by atoms with Crippen molar-refractivity contribution < 1.29 is 19.5 Å². The summed E-state index contributed by atoms with van der Waals surface area (Å²) in [6.45, 7) is 10.4. The maximum atomic E-state index is 12.2. The van der Waals surface area contributed by atoms with Gasteiger partial charge < -0.3 is 15.4 Å². The lowest BCUT2D eigenvalue weighted by Crippen LogP contribution is -2.35. The number of hydrogen-bond acceptors (Lipinski definition) is 5. The zero-order chi connectivity index (χ0) is 27.2. The Morgan fingerprint density at radius 2 is 1.82 bits per heavy atom. The number of nitrogens with zero attached hydrogens (tertiary/aromatic N) is 2. The molecule has 0 saturated carbocycles. The lowest BCUT2D eigenvalue weighted by atomic mass is 9.93. The number of aromatic nitrogens is 1. The predicted octanol–water partition coefficient (Wildman–Crippen LogP) is 4.51. The van der Waals surface area contributed by atoms with Crippen molar-refractivity contribution in [2.45, 2.75) is 78.2 Å². The highest BCUT2D eigenvalue weighted by atomic mass is 16.3. The number of aromatic hydroxyl groups is 1. The molecule has 8 nitrogen and oxygen atoms in total. The normalized spacial score (nSPS) is 16.9. The highest BCUT2D eigenvalue weighted by Gasteiger charge is 2.24. The summed E-state index contributed by atoms with van der Waals surface area (Å²) in [5.74, 6) is 0.959. The number of nitrogens with one attached hydrogen (secondary N) is 2. The van der Waals surface area contributed by atoms with Gasteiger partial charge in [-0.1, -0.05) is 20.3 Å². The number of carbonyl (C=O) groups is 3. The average molecular weight is 523 g/mol. The Morgan fingerprint density at radius 3 is 2.50 bits per heavy atom. The number of likely N-dealkylation sites (tertiary alicyclic amines) is 1. The molecule has 4 rings (SSSR count). The molecule has 8 heteroatoms. The summed E-state index contributed by atoms with van der Waals surface area (Å²) < 4.78 is 0. The Hall–Kier alpha value is -3.13. The molecule has 0 unspecified atom stereocenters. The van der Waals surface area contributed by atoms with Crippen molar-refractivity contribution in [1.82, 2.24) is 20.1 Å². The highest BCUT2D eigenvalue weighted by molar-refractivity contribution is 6.12. The smallest absolute Gasteiger partial charge is 0.253 e. The minimum atomic E-state index is -0.245. The number of carbonyl (C=O) groups excluding carboxylic acids is 3. The lowest BCUT2D eigenvalue weighted by molar-refractivity contribution is -0.137. The van der Waals surface area contributed by atoms with E-state index in [4.69, 9.17) is 0 Å². The molecule has 2 aliphatic heterocycles. The molecule has 1 fully saturated rings. The number of unbranched alkanes of at least 4 members (excludes halogenated alkanes) is 2. The van der Waals surface area contributed by atoms with Gasteiger partial charge in [-0.3, -0.25) is 24.2 Å². The van der Waals surface area contributed by atoms with Crippen molar-refractivity contribution in [1.29, 1.82) is 0 Å².